The number of halogens is 1. The Hall–Kier alpha value is -0.530. The van der Waals surface area contributed by atoms with Gasteiger partial charge in [-0.2, -0.15) is 0 Å². The molecule has 0 radical (unpaired) electrons. The largest absolute Gasteiger partial charge is 0.393 e. The third kappa shape index (κ3) is 3.00. The maximum atomic E-state index is 9.82. The molecule has 14 heavy (non-hydrogen) atoms. The monoisotopic (exact) mass is 212 g/mol. The molecule has 0 aromatic heterocycles. The molecule has 2 atom stereocenters. The first-order chi connectivity index (χ1) is 6.65. The first kappa shape index (κ1) is 11.5. The van der Waals surface area contributed by atoms with E-state index in [0.717, 1.165) is 23.4 Å². The fraction of sp³-hybridized carbons (Fsp3) is 0.500. The smallest absolute Gasteiger partial charge is 0.0606 e. The van der Waals surface area contributed by atoms with Crippen LogP contribution in [-0.4, -0.2) is 11.2 Å². The number of rotatable bonds is 4. The summed E-state index contributed by atoms with van der Waals surface area (Å²) in [6, 6.07) is 7.71. The zero-order valence-electron chi connectivity index (χ0n) is 8.70. The zero-order chi connectivity index (χ0) is 10.6. The van der Waals surface area contributed by atoms with Crippen LogP contribution in [0.1, 0.15) is 38.2 Å². The van der Waals surface area contributed by atoms with E-state index in [9.17, 15) is 5.11 Å². The highest BCUT2D eigenvalue weighted by Gasteiger charge is 2.15. The van der Waals surface area contributed by atoms with Crippen LogP contribution in [0.5, 0.6) is 0 Å². The molecular formula is C12H17ClO. The summed E-state index contributed by atoms with van der Waals surface area (Å²) < 4.78 is 0. The van der Waals surface area contributed by atoms with Crippen molar-refractivity contribution in [1.29, 1.82) is 0 Å². The second kappa shape index (κ2) is 5.38. The van der Waals surface area contributed by atoms with Gasteiger partial charge in [0, 0.05) is 10.9 Å². The summed E-state index contributed by atoms with van der Waals surface area (Å²) in [7, 11) is 0. The van der Waals surface area contributed by atoms with Gasteiger partial charge in [-0.25, -0.2) is 0 Å². The molecule has 2 heteroatoms. The zero-order valence-corrected chi connectivity index (χ0v) is 9.46. The summed E-state index contributed by atoms with van der Waals surface area (Å²) in [6.45, 7) is 4.11. The molecule has 1 aromatic carbocycles. The fourth-order valence-electron chi connectivity index (χ4n) is 1.56. The van der Waals surface area contributed by atoms with Gasteiger partial charge in [0.15, 0.2) is 0 Å². The summed E-state index contributed by atoms with van der Waals surface area (Å²) in [5, 5.41) is 10.6. The van der Waals surface area contributed by atoms with Crippen LogP contribution in [0.3, 0.4) is 0 Å². The molecule has 1 nitrogen and oxygen atoms in total. The van der Waals surface area contributed by atoms with Crippen molar-refractivity contribution in [2.24, 2.45) is 0 Å². The molecule has 0 saturated heterocycles. The Bertz CT molecular complexity index is 285. The highest BCUT2D eigenvalue weighted by molar-refractivity contribution is 6.30. The third-order valence-electron chi connectivity index (χ3n) is 2.54. The van der Waals surface area contributed by atoms with Crippen molar-refractivity contribution in [3.05, 3.63) is 34.9 Å². The summed E-state index contributed by atoms with van der Waals surface area (Å²) in [5.74, 6) is 0.161. The molecule has 0 amide bonds. The van der Waals surface area contributed by atoms with Crippen LogP contribution in [0.15, 0.2) is 24.3 Å². The lowest BCUT2D eigenvalue weighted by molar-refractivity contribution is 0.139. The molecule has 1 N–H and O–H groups in total. The van der Waals surface area contributed by atoms with Gasteiger partial charge in [-0.05, 0) is 24.1 Å². The van der Waals surface area contributed by atoms with Gasteiger partial charge in [0.2, 0.25) is 0 Å². The van der Waals surface area contributed by atoms with Crippen molar-refractivity contribution < 1.29 is 5.11 Å². The first-order valence-corrected chi connectivity index (χ1v) is 5.46. The Morgan fingerprint density at radius 1 is 1.43 bits per heavy atom. The van der Waals surface area contributed by atoms with E-state index in [1.807, 2.05) is 31.2 Å². The normalized spacial score (nSPS) is 15.1. The fourth-order valence-corrected chi connectivity index (χ4v) is 1.76. The second-order valence-electron chi connectivity index (χ2n) is 3.70. The molecule has 0 aliphatic heterocycles. The lowest BCUT2D eigenvalue weighted by atomic mass is 9.93. The Morgan fingerprint density at radius 3 is 2.71 bits per heavy atom. The maximum absolute atomic E-state index is 9.82. The Kier molecular flexibility index (Phi) is 4.43. The predicted molar refractivity (Wildman–Crippen MR) is 60.8 cm³/mol. The lowest BCUT2D eigenvalue weighted by Gasteiger charge is -2.18. The molecule has 0 aliphatic carbocycles. The average molecular weight is 213 g/mol. The van der Waals surface area contributed by atoms with Crippen LogP contribution in [0.4, 0.5) is 0 Å². The molecule has 1 aromatic rings. The van der Waals surface area contributed by atoms with E-state index in [2.05, 4.69) is 6.92 Å². The Labute approximate surface area is 90.7 Å². The van der Waals surface area contributed by atoms with Crippen molar-refractivity contribution in [2.75, 3.05) is 0 Å². The van der Waals surface area contributed by atoms with Gasteiger partial charge in [-0.3, -0.25) is 0 Å². The Morgan fingerprint density at radius 2 is 2.14 bits per heavy atom. The van der Waals surface area contributed by atoms with E-state index in [1.54, 1.807) is 0 Å². The summed E-state index contributed by atoms with van der Waals surface area (Å²) in [6.07, 6.45) is 1.58. The van der Waals surface area contributed by atoms with E-state index < -0.39 is 0 Å². The minimum absolute atomic E-state index is 0.161. The van der Waals surface area contributed by atoms with E-state index in [-0.39, 0.29) is 12.0 Å². The number of benzene rings is 1. The van der Waals surface area contributed by atoms with Crippen LogP contribution < -0.4 is 0 Å². The van der Waals surface area contributed by atoms with E-state index in [1.165, 1.54) is 0 Å². The standard InChI is InChI=1S/C12H17ClO/c1-3-5-12(14)9(2)10-6-4-7-11(13)8-10/h4,6-9,12,14H,3,5H2,1-2H3. The van der Waals surface area contributed by atoms with Gasteiger partial charge in [0.25, 0.3) is 0 Å². The molecule has 0 spiro atoms. The number of aliphatic hydroxyl groups excluding tert-OH is 1. The van der Waals surface area contributed by atoms with Gasteiger partial charge in [0.05, 0.1) is 6.10 Å². The maximum Gasteiger partial charge on any atom is 0.0606 e. The van der Waals surface area contributed by atoms with E-state index in [0.29, 0.717) is 0 Å². The predicted octanol–water partition coefficient (Wildman–Crippen LogP) is 3.60. The molecule has 78 valence electrons. The molecule has 0 aliphatic rings. The number of hydrogen-bond acceptors (Lipinski definition) is 1. The average Bonchev–Trinajstić information content (AvgIpc) is 2.17. The number of aliphatic hydroxyl groups is 1. The summed E-state index contributed by atoms with van der Waals surface area (Å²) >= 11 is 5.89. The highest BCUT2D eigenvalue weighted by Crippen LogP contribution is 2.24. The molecule has 2 unspecified atom stereocenters. The molecule has 0 heterocycles. The minimum atomic E-state index is -0.265. The van der Waals surface area contributed by atoms with Crippen LogP contribution in [0.2, 0.25) is 5.02 Å². The molecule has 1 rings (SSSR count). The van der Waals surface area contributed by atoms with Gasteiger partial charge in [-0.1, -0.05) is 44.0 Å². The third-order valence-corrected chi connectivity index (χ3v) is 2.77. The molecule has 0 bridgehead atoms. The molecule has 0 saturated carbocycles. The van der Waals surface area contributed by atoms with Gasteiger partial charge >= 0.3 is 0 Å². The van der Waals surface area contributed by atoms with E-state index in [4.69, 9.17) is 11.6 Å². The van der Waals surface area contributed by atoms with Gasteiger partial charge in [0.1, 0.15) is 0 Å². The van der Waals surface area contributed by atoms with Crippen molar-refractivity contribution in [1.82, 2.24) is 0 Å². The molecule has 0 fully saturated rings. The first-order valence-electron chi connectivity index (χ1n) is 5.08. The Balaban J connectivity index is 2.73. The van der Waals surface area contributed by atoms with Crippen molar-refractivity contribution in [3.8, 4) is 0 Å². The topological polar surface area (TPSA) is 20.2 Å². The highest BCUT2D eigenvalue weighted by atomic mass is 35.5. The molecular weight excluding hydrogens is 196 g/mol. The van der Waals surface area contributed by atoms with Crippen molar-refractivity contribution in [2.45, 2.75) is 38.7 Å². The van der Waals surface area contributed by atoms with Gasteiger partial charge < -0.3 is 5.11 Å². The minimum Gasteiger partial charge on any atom is -0.393 e. The second-order valence-corrected chi connectivity index (χ2v) is 4.14. The SMILES string of the molecule is CCCC(O)C(C)c1cccc(Cl)c1. The van der Waals surface area contributed by atoms with Crippen LogP contribution in [0.25, 0.3) is 0 Å². The van der Waals surface area contributed by atoms with Crippen LogP contribution >= 0.6 is 11.6 Å². The van der Waals surface area contributed by atoms with E-state index >= 15 is 0 Å². The summed E-state index contributed by atoms with van der Waals surface area (Å²) in [4.78, 5) is 0. The van der Waals surface area contributed by atoms with Crippen LogP contribution in [-0.2, 0) is 0 Å². The number of hydrogen-bond donors (Lipinski definition) is 1. The van der Waals surface area contributed by atoms with Crippen molar-refractivity contribution >= 4 is 11.6 Å². The summed E-state index contributed by atoms with van der Waals surface area (Å²) in [5.41, 5.74) is 1.11. The van der Waals surface area contributed by atoms with Crippen LogP contribution in [0, 0.1) is 0 Å². The van der Waals surface area contributed by atoms with Crippen molar-refractivity contribution in [3.63, 3.8) is 0 Å². The lowest BCUT2D eigenvalue weighted by Crippen LogP contribution is -2.15. The van der Waals surface area contributed by atoms with Gasteiger partial charge in [-0.15, -0.1) is 0 Å². The quantitative estimate of drug-likeness (QED) is 0.809.